The third kappa shape index (κ3) is 5.73. The lowest BCUT2D eigenvalue weighted by Crippen LogP contribution is -2.44. The summed E-state index contributed by atoms with van der Waals surface area (Å²) in [7, 11) is -3.04. The summed E-state index contributed by atoms with van der Waals surface area (Å²) in [6.07, 6.45) is 8.39. The van der Waals surface area contributed by atoms with Gasteiger partial charge in [0.15, 0.2) is 9.84 Å². The van der Waals surface area contributed by atoms with Crippen LogP contribution in [0.1, 0.15) is 63.9 Å². The van der Waals surface area contributed by atoms with Crippen molar-refractivity contribution in [1.82, 2.24) is 4.90 Å². The number of hydrogen-bond donors (Lipinski definition) is 0. The number of rotatable bonds is 7. The molecule has 2 aliphatic rings. The third-order valence-electron chi connectivity index (χ3n) is 6.34. The standard InChI is InChI=1S/C22H32ClNO3S/c1-2-3-5-17-8-10-19(11-9-17)22(25)24(21-12-13-28(26,27)16-21)15-18-6-4-7-20(23)14-18/h4,6-7,14,17,19,21H,2-3,5,8-13,15-16H2,1H3/t17?,19?,21-/m1/s1. The van der Waals surface area contributed by atoms with Gasteiger partial charge >= 0.3 is 0 Å². The maximum absolute atomic E-state index is 13.4. The molecule has 0 N–H and O–H groups in total. The molecule has 1 aromatic carbocycles. The second-order valence-electron chi connectivity index (χ2n) is 8.51. The van der Waals surface area contributed by atoms with Crippen LogP contribution in [-0.2, 0) is 21.2 Å². The largest absolute Gasteiger partial charge is 0.334 e. The topological polar surface area (TPSA) is 54.5 Å². The van der Waals surface area contributed by atoms with Gasteiger partial charge < -0.3 is 4.90 Å². The van der Waals surface area contributed by atoms with Gasteiger partial charge in [0.2, 0.25) is 5.91 Å². The van der Waals surface area contributed by atoms with Crippen LogP contribution in [-0.4, -0.2) is 36.8 Å². The highest BCUT2D eigenvalue weighted by Crippen LogP contribution is 2.34. The highest BCUT2D eigenvalue weighted by atomic mass is 35.5. The second kappa shape index (κ2) is 9.62. The Bertz CT molecular complexity index is 772. The van der Waals surface area contributed by atoms with Crippen LogP contribution in [0.15, 0.2) is 24.3 Å². The quantitative estimate of drug-likeness (QED) is 0.627. The molecule has 0 unspecified atom stereocenters. The first-order valence-electron chi connectivity index (χ1n) is 10.6. The number of benzene rings is 1. The minimum atomic E-state index is -3.04. The maximum Gasteiger partial charge on any atom is 0.226 e. The lowest BCUT2D eigenvalue weighted by Gasteiger charge is -2.35. The summed E-state index contributed by atoms with van der Waals surface area (Å²) in [6.45, 7) is 2.66. The van der Waals surface area contributed by atoms with Gasteiger partial charge in [-0.25, -0.2) is 8.42 Å². The van der Waals surface area contributed by atoms with Crippen molar-refractivity contribution in [2.45, 2.75) is 70.9 Å². The van der Waals surface area contributed by atoms with Crippen molar-refractivity contribution in [2.24, 2.45) is 11.8 Å². The Hall–Kier alpha value is -1.07. The molecule has 156 valence electrons. The highest BCUT2D eigenvalue weighted by Gasteiger charge is 2.38. The average molecular weight is 426 g/mol. The molecule has 1 saturated carbocycles. The number of carbonyl (C=O) groups excluding carboxylic acids is 1. The molecule has 1 atom stereocenters. The first-order chi connectivity index (χ1) is 13.4. The van der Waals surface area contributed by atoms with Crippen molar-refractivity contribution >= 4 is 27.3 Å². The fourth-order valence-electron chi connectivity index (χ4n) is 4.67. The maximum atomic E-state index is 13.4. The van der Waals surface area contributed by atoms with Crippen LogP contribution < -0.4 is 0 Å². The molecule has 2 fully saturated rings. The van der Waals surface area contributed by atoms with Crippen molar-refractivity contribution in [3.63, 3.8) is 0 Å². The van der Waals surface area contributed by atoms with Gasteiger partial charge in [0.05, 0.1) is 11.5 Å². The zero-order chi connectivity index (χ0) is 20.1. The number of amides is 1. The SMILES string of the molecule is CCCCC1CCC(C(=O)N(Cc2cccc(Cl)c2)[C@@H]2CCS(=O)(=O)C2)CC1. The molecule has 1 heterocycles. The lowest BCUT2D eigenvalue weighted by atomic mass is 9.79. The van der Waals surface area contributed by atoms with Gasteiger partial charge in [0.1, 0.15) is 0 Å². The Morgan fingerprint density at radius 1 is 1.18 bits per heavy atom. The van der Waals surface area contributed by atoms with Crippen LogP contribution in [0.2, 0.25) is 5.02 Å². The molecular weight excluding hydrogens is 394 g/mol. The van der Waals surface area contributed by atoms with Crippen LogP contribution >= 0.6 is 11.6 Å². The molecular formula is C22H32ClNO3S. The molecule has 0 spiro atoms. The molecule has 0 radical (unpaired) electrons. The number of carbonyl (C=O) groups is 1. The Morgan fingerprint density at radius 2 is 1.93 bits per heavy atom. The van der Waals surface area contributed by atoms with E-state index in [0.717, 1.165) is 37.2 Å². The first kappa shape index (κ1) is 21.6. The number of hydrogen-bond acceptors (Lipinski definition) is 3. The fraction of sp³-hybridized carbons (Fsp3) is 0.682. The summed E-state index contributed by atoms with van der Waals surface area (Å²) in [4.78, 5) is 15.2. The van der Waals surface area contributed by atoms with Gasteiger partial charge in [0.25, 0.3) is 0 Å². The average Bonchev–Trinajstić information content (AvgIpc) is 3.04. The summed E-state index contributed by atoms with van der Waals surface area (Å²) in [6, 6.07) is 7.30. The van der Waals surface area contributed by atoms with E-state index in [2.05, 4.69) is 6.92 Å². The van der Waals surface area contributed by atoms with E-state index in [9.17, 15) is 13.2 Å². The lowest BCUT2D eigenvalue weighted by molar-refractivity contribution is -0.139. The van der Waals surface area contributed by atoms with Crippen molar-refractivity contribution < 1.29 is 13.2 Å². The van der Waals surface area contributed by atoms with E-state index in [1.54, 1.807) is 0 Å². The molecule has 6 heteroatoms. The number of unbranched alkanes of at least 4 members (excludes halogenated alkanes) is 1. The fourth-order valence-corrected chi connectivity index (χ4v) is 6.61. The van der Waals surface area contributed by atoms with E-state index in [1.165, 1.54) is 19.3 Å². The monoisotopic (exact) mass is 425 g/mol. The van der Waals surface area contributed by atoms with Crippen LogP contribution in [0.3, 0.4) is 0 Å². The molecule has 3 rings (SSSR count). The van der Waals surface area contributed by atoms with Crippen LogP contribution in [0, 0.1) is 11.8 Å². The zero-order valence-electron chi connectivity index (χ0n) is 16.8. The third-order valence-corrected chi connectivity index (χ3v) is 8.32. The number of halogens is 1. The highest BCUT2D eigenvalue weighted by molar-refractivity contribution is 7.91. The first-order valence-corrected chi connectivity index (χ1v) is 12.8. The predicted octanol–water partition coefficient (Wildman–Crippen LogP) is 4.85. The minimum absolute atomic E-state index is 0.0281. The molecule has 0 aromatic heterocycles. The molecule has 1 amide bonds. The second-order valence-corrected chi connectivity index (χ2v) is 11.2. The van der Waals surface area contributed by atoms with Gasteiger partial charge in [-0.3, -0.25) is 4.79 Å². The minimum Gasteiger partial charge on any atom is -0.334 e. The molecule has 0 bridgehead atoms. The molecule has 1 aliphatic carbocycles. The van der Waals surface area contributed by atoms with Crippen molar-refractivity contribution in [2.75, 3.05) is 11.5 Å². The zero-order valence-corrected chi connectivity index (χ0v) is 18.4. The van der Waals surface area contributed by atoms with Crippen LogP contribution in [0.5, 0.6) is 0 Å². The van der Waals surface area contributed by atoms with E-state index < -0.39 is 9.84 Å². The Morgan fingerprint density at radius 3 is 2.54 bits per heavy atom. The van der Waals surface area contributed by atoms with Crippen LogP contribution in [0.25, 0.3) is 0 Å². The molecule has 1 aromatic rings. The summed E-state index contributed by atoms with van der Waals surface area (Å²) in [5.74, 6) is 1.18. The van der Waals surface area contributed by atoms with Gasteiger partial charge in [-0.05, 0) is 55.7 Å². The van der Waals surface area contributed by atoms with Gasteiger partial charge in [-0.2, -0.15) is 0 Å². The van der Waals surface area contributed by atoms with Crippen LogP contribution in [0.4, 0.5) is 0 Å². The molecule has 28 heavy (non-hydrogen) atoms. The van der Waals surface area contributed by atoms with Crippen molar-refractivity contribution in [1.29, 1.82) is 0 Å². The molecule has 4 nitrogen and oxygen atoms in total. The summed E-state index contributed by atoms with van der Waals surface area (Å²) >= 11 is 6.12. The normalized spacial score (nSPS) is 26.9. The van der Waals surface area contributed by atoms with E-state index >= 15 is 0 Å². The molecule has 1 saturated heterocycles. The summed E-state index contributed by atoms with van der Waals surface area (Å²) < 4.78 is 24.1. The van der Waals surface area contributed by atoms with Crippen molar-refractivity contribution in [3.05, 3.63) is 34.9 Å². The van der Waals surface area contributed by atoms with E-state index in [1.807, 2.05) is 29.2 Å². The van der Waals surface area contributed by atoms with Gasteiger partial charge in [-0.1, -0.05) is 49.9 Å². The predicted molar refractivity (Wildman–Crippen MR) is 114 cm³/mol. The molecule has 1 aliphatic heterocycles. The van der Waals surface area contributed by atoms with E-state index in [0.29, 0.717) is 18.0 Å². The smallest absolute Gasteiger partial charge is 0.226 e. The Kier molecular flexibility index (Phi) is 7.43. The summed E-state index contributed by atoms with van der Waals surface area (Å²) in [5.41, 5.74) is 0.960. The summed E-state index contributed by atoms with van der Waals surface area (Å²) in [5, 5.41) is 0.639. The van der Waals surface area contributed by atoms with Gasteiger partial charge in [0, 0.05) is 23.5 Å². The number of nitrogens with zero attached hydrogens (tertiary/aromatic N) is 1. The van der Waals surface area contributed by atoms with E-state index in [4.69, 9.17) is 11.6 Å². The Balaban J connectivity index is 1.70. The van der Waals surface area contributed by atoms with E-state index in [-0.39, 0.29) is 29.4 Å². The van der Waals surface area contributed by atoms with Crippen molar-refractivity contribution in [3.8, 4) is 0 Å². The Labute approximate surface area is 174 Å². The number of sulfone groups is 1. The van der Waals surface area contributed by atoms with Gasteiger partial charge in [-0.15, -0.1) is 0 Å².